The molecule has 0 spiro atoms. The van der Waals surface area contributed by atoms with E-state index in [4.69, 9.17) is 19.3 Å². The van der Waals surface area contributed by atoms with Crippen LogP contribution in [0.5, 0.6) is 0 Å². The molecule has 14 heavy (non-hydrogen) atoms. The number of aliphatic hydroxyl groups is 1. The summed E-state index contributed by atoms with van der Waals surface area (Å²) in [5, 5.41) is 18.3. The van der Waals surface area contributed by atoms with Crippen LogP contribution in [-0.2, 0) is 14.2 Å². The fraction of sp³-hybridized carbons (Fsp3) is 1.00. The van der Waals surface area contributed by atoms with Crippen molar-refractivity contribution in [2.45, 2.75) is 0 Å². The second kappa shape index (κ2) is 16.2. The molecule has 80 valence electrons. The van der Waals surface area contributed by atoms with Crippen LogP contribution in [0.4, 0.5) is 0 Å². The quantitative estimate of drug-likeness (QED) is 0.294. The number of hydrogen-bond donors (Lipinski definition) is 1. The molecule has 0 atom stereocenters. The fourth-order valence-corrected chi connectivity index (χ4v) is 0.665. The van der Waals surface area contributed by atoms with Crippen LogP contribution in [0.3, 0.4) is 0 Å². The van der Waals surface area contributed by atoms with Gasteiger partial charge in [-0.2, -0.15) is 0 Å². The van der Waals surface area contributed by atoms with Gasteiger partial charge in [-0.15, -0.1) is 6.61 Å². The summed E-state index contributed by atoms with van der Waals surface area (Å²) in [7, 11) is 0. The van der Waals surface area contributed by atoms with Gasteiger partial charge in [-0.1, -0.05) is 0 Å². The molecule has 0 aliphatic heterocycles. The third-order valence-corrected chi connectivity index (χ3v) is 1.21. The minimum atomic E-state index is -0.209. The molecule has 0 unspecified atom stereocenters. The minimum absolute atomic E-state index is 0. The van der Waals surface area contributed by atoms with Crippen LogP contribution in [-0.4, -0.2) is 58.0 Å². The minimum Gasteiger partial charge on any atom is -0.853 e. The van der Waals surface area contributed by atoms with Crippen molar-refractivity contribution in [3.05, 3.63) is 0 Å². The Bertz CT molecular complexity index is 83.8. The average Bonchev–Trinajstić information content (AvgIpc) is 2.16. The molecule has 0 aliphatic carbocycles. The summed E-state index contributed by atoms with van der Waals surface area (Å²) in [5.74, 6) is 0. The van der Waals surface area contributed by atoms with Crippen molar-refractivity contribution >= 4 is 0 Å². The van der Waals surface area contributed by atoms with E-state index in [2.05, 4.69) is 0 Å². The Morgan fingerprint density at radius 1 is 0.786 bits per heavy atom. The monoisotopic (exact) mass is 216 g/mol. The first kappa shape index (κ1) is 17.2. The Balaban J connectivity index is 0. The Labute approximate surface area is 107 Å². The van der Waals surface area contributed by atoms with Crippen LogP contribution in [0.25, 0.3) is 0 Å². The van der Waals surface area contributed by atoms with E-state index in [1.165, 1.54) is 0 Å². The van der Waals surface area contributed by atoms with Crippen LogP contribution in [0.1, 0.15) is 0 Å². The van der Waals surface area contributed by atoms with Crippen molar-refractivity contribution in [3.8, 4) is 0 Å². The smallest absolute Gasteiger partial charge is 0.853 e. The molecule has 0 bridgehead atoms. The fourth-order valence-electron chi connectivity index (χ4n) is 0.665. The van der Waals surface area contributed by atoms with Crippen molar-refractivity contribution in [1.29, 1.82) is 0 Å². The molecule has 0 saturated heterocycles. The SMILES string of the molecule is [Na+].[O-]CCOCCOCCOCCO. The molecule has 0 rings (SSSR count). The predicted molar refractivity (Wildman–Crippen MR) is 44.4 cm³/mol. The van der Waals surface area contributed by atoms with Gasteiger partial charge in [0.1, 0.15) is 0 Å². The molecule has 0 saturated carbocycles. The largest absolute Gasteiger partial charge is 1.00 e. The van der Waals surface area contributed by atoms with Gasteiger partial charge in [-0.25, -0.2) is 0 Å². The number of aliphatic hydroxyl groups excluding tert-OH is 1. The summed E-state index contributed by atoms with van der Waals surface area (Å²) >= 11 is 0. The third-order valence-electron chi connectivity index (χ3n) is 1.21. The maximum atomic E-state index is 9.93. The maximum absolute atomic E-state index is 9.93. The van der Waals surface area contributed by atoms with Gasteiger partial charge in [0.15, 0.2) is 0 Å². The Hall–Kier alpha value is 0.800. The third kappa shape index (κ3) is 15.3. The van der Waals surface area contributed by atoms with E-state index in [0.717, 1.165) is 0 Å². The first-order chi connectivity index (χ1) is 6.41. The molecule has 0 heterocycles. The Kier molecular flexibility index (Phi) is 20.0. The summed E-state index contributed by atoms with van der Waals surface area (Å²) in [6, 6.07) is 0. The summed E-state index contributed by atoms with van der Waals surface area (Å²) in [6.45, 7) is 2.29. The molecule has 6 heteroatoms. The summed E-state index contributed by atoms with van der Waals surface area (Å²) in [5.41, 5.74) is 0. The number of hydrogen-bond acceptors (Lipinski definition) is 5. The summed E-state index contributed by atoms with van der Waals surface area (Å²) < 4.78 is 14.9. The van der Waals surface area contributed by atoms with E-state index in [9.17, 15) is 5.11 Å². The van der Waals surface area contributed by atoms with Gasteiger partial charge in [-0.3, -0.25) is 0 Å². The second-order valence-electron chi connectivity index (χ2n) is 2.26. The topological polar surface area (TPSA) is 71.0 Å². The van der Waals surface area contributed by atoms with Crippen molar-refractivity contribution in [3.63, 3.8) is 0 Å². The van der Waals surface area contributed by atoms with E-state index in [1.54, 1.807) is 0 Å². The molecule has 0 radical (unpaired) electrons. The zero-order valence-electron chi connectivity index (χ0n) is 8.74. The second-order valence-corrected chi connectivity index (χ2v) is 2.26. The maximum Gasteiger partial charge on any atom is 1.00 e. The zero-order valence-corrected chi connectivity index (χ0v) is 10.7. The van der Waals surface area contributed by atoms with Gasteiger partial charge in [0.25, 0.3) is 0 Å². The molecule has 0 aromatic heterocycles. The van der Waals surface area contributed by atoms with Gasteiger partial charge in [-0.05, 0) is 0 Å². The average molecular weight is 216 g/mol. The first-order valence-corrected chi connectivity index (χ1v) is 4.34. The standard InChI is InChI=1S/C8H17O5.Na/c9-1-3-11-5-7-13-8-6-12-4-2-10;/h9H,1-8H2;/q-1;+1. The molecule has 0 aromatic rings. The van der Waals surface area contributed by atoms with E-state index >= 15 is 0 Å². The van der Waals surface area contributed by atoms with Gasteiger partial charge in [0, 0.05) is 6.61 Å². The van der Waals surface area contributed by atoms with Gasteiger partial charge in [0.05, 0.1) is 39.6 Å². The molecule has 1 N–H and O–H groups in total. The molecule has 0 aromatic carbocycles. The van der Waals surface area contributed by atoms with Crippen LogP contribution in [0.2, 0.25) is 0 Å². The molecular weight excluding hydrogens is 199 g/mol. The summed E-state index contributed by atoms with van der Waals surface area (Å²) in [6.07, 6.45) is 0. The Morgan fingerprint density at radius 2 is 1.21 bits per heavy atom. The van der Waals surface area contributed by atoms with Crippen LogP contribution in [0.15, 0.2) is 0 Å². The molecular formula is C8H17NaO5. The predicted octanol–water partition coefficient (Wildman–Crippen LogP) is -4.61. The zero-order chi connectivity index (χ0) is 9.78. The Morgan fingerprint density at radius 3 is 1.64 bits per heavy atom. The van der Waals surface area contributed by atoms with Gasteiger partial charge >= 0.3 is 29.6 Å². The number of rotatable bonds is 10. The molecule has 0 amide bonds. The first-order valence-electron chi connectivity index (χ1n) is 4.34. The van der Waals surface area contributed by atoms with Crippen LogP contribution < -0.4 is 34.7 Å². The van der Waals surface area contributed by atoms with Gasteiger partial charge in [0.2, 0.25) is 0 Å². The van der Waals surface area contributed by atoms with Crippen molar-refractivity contribution in [2.75, 3.05) is 52.9 Å². The van der Waals surface area contributed by atoms with Gasteiger partial charge < -0.3 is 24.4 Å². The molecule has 5 nitrogen and oxygen atoms in total. The normalized spacial score (nSPS) is 9.86. The number of ether oxygens (including phenoxy) is 3. The van der Waals surface area contributed by atoms with Crippen molar-refractivity contribution < 1.29 is 54.0 Å². The van der Waals surface area contributed by atoms with E-state index in [-0.39, 0.29) is 49.4 Å². The van der Waals surface area contributed by atoms with Crippen LogP contribution in [0, 0.1) is 0 Å². The van der Waals surface area contributed by atoms with Crippen molar-refractivity contribution in [2.24, 2.45) is 0 Å². The van der Waals surface area contributed by atoms with E-state index in [1.807, 2.05) is 0 Å². The van der Waals surface area contributed by atoms with Crippen LogP contribution >= 0.6 is 0 Å². The molecule has 0 fully saturated rings. The summed E-state index contributed by atoms with van der Waals surface area (Å²) in [4.78, 5) is 0. The van der Waals surface area contributed by atoms with Crippen molar-refractivity contribution in [1.82, 2.24) is 0 Å². The van der Waals surface area contributed by atoms with E-state index < -0.39 is 0 Å². The van der Waals surface area contributed by atoms with E-state index in [0.29, 0.717) is 33.0 Å². The molecule has 0 aliphatic rings.